The third kappa shape index (κ3) is 3.33. The van der Waals surface area contributed by atoms with Gasteiger partial charge in [-0.1, -0.05) is 12.1 Å². The van der Waals surface area contributed by atoms with Crippen LogP contribution in [0.2, 0.25) is 0 Å². The molecule has 1 N–H and O–H groups in total. The van der Waals surface area contributed by atoms with E-state index in [0.717, 1.165) is 44.5 Å². The molecule has 0 radical (unpaired) electrons. The van der Waals surface area contributed by atoms with Crippen molar-refractivity contribution in [2.75, 3.05) is 38.1 Å². The SMILES string of the molecule is CN1CCN(c2nc3ccccc3nc2[C@H](C#N)C(=O)NC2CC2)CC1. The van der Waals surface area contributed by atoms with Gasteiger partial charge in [0.2, 0.25) is 5.91 Å². The Hall–Kier alpha value is -2.72. The summed E-state index contributed by atoms with van der Waals surface area (Å²) in [6.45, 7) is 3.44. The second-order valence-electron chi connectivity index (χ2n) is 7.06. The minimum absolute atomic E-state index is 0.207. The van der Waals surface area contributed by atoms with Crippen molar-refractivity contribution in [3.05, 3.63) is 30.0 Å². The van der Waals surface area contributed by atoms with Crippen molar-refractivity contribution in [1.29, 1.82) is 5.26 Å². The average Bonchev–Trinajstić information content (AvgIpc) is 3.46. The highest BCUT2D eigenvalue weighted by atomic mass is 16.2. The number of piperazine rings is 1. The quantitative estimate of drug-likeness (QED) is 0.894. The Balaban J connectivity index is 1.75. The van der Waals surface area contributed by atoms with Crippen LogP contribution in [0.4, 0.5) is 5.82 Å². The number of rotatable bonds is 4. The normalized spacial score (nSPS) is 19.2. The summed E-state index contributed by atoms with van der Waals surface area (Å²) in [5, 5.41) is 12.6. The lowest BCUT2D eigenvalue weighted by Gasteiger charge is -2.34. The van der Waals surface area contributed by atoms with E-state index < -0.39 is 5.92 Å². The van der Waals surface area contributed by atoms with Crippen LogP contribution in [0.1, 0.15) is 24.5 Å². The summed E-state index contributed by atoms with van der Waals surface area (Å²) < 4.78 is 0. The molecule has 26 heavy (non-hydrogen) atoms. The summed E-state index contributed by atoms with van der Waals surface area (Å²) in [5.74, 6) is -0.549. The predicted molar refractivity (Wildman–Crippen MR) is 98.8 cm³/mol. The van der Waals surface area contributed by atoms with Crippen LogP contribution in [0, 0.1) is 11.3 Å². The highest BCUT2D eigenvalue weighted by Gasteiger charge is 2.33. The van der Waals surface area contributed by atoms with E-state index in [1.54, 1.807) is 0 Å². The number of nitriles is 1. The van der Waals surface area contributed by atoms with Crippen LogP contribution in [0.25, 0.3) is 11.0 Å². The number of anilines is 1. The number of hydrogen-bond acceptors (Lipinski definition) is 6. The number of likely N-dealkylation sites (N-methyl/N-ethyl adjacent to an activating group) is 1. The lowest BCUT2D eigenvalue weighted by Crippen LogP contribution is -2.45. The van der Waals surface area contributed by atoms with Crippen LogP contribution in [-0.4, -0.2) is 60.0 Å². The van der Waals surface area contributed by atoms with Gasteiger partial charge in [-0.15, -0.1) is 0 Å². The van der Waals surface area contributed by atoms with E-state index in [1.165, 1.54) is 0 Å². The average molecular weight is 350 g/mol. The molecule has 7 nitrogen and oxygen atoms in total. The summed E-state index contributed by atoms with van der Waals surface area (Å²) in [6.07, 6.45) is 1.97. The zero-order valence-electron chi connectivity index (χ0n) is 14.9. The van der Waals surface area contributed by atoms with Crippen LogP contribution in [0.3, 0.4) is 0 Å². The minimum Gasteiger partial charge on any atom is -0.352 e. The Labute approximate surface area is 152 Å². The fourth-order valence-corrected chi connectivity index (χ4v) is 3.21. The van der Waals surface area contributed by atoms with Gasteiger partial charge in [-0.05, 0) is 32.0 Å². The summed E-state index contributed by atoms with van der Waals surface area (Å²) in [7, 11) is 2.09. The minimum atomic E-state index is -0.942. The number of nitrogens with zero attached hydrogens (tertiary/aromatic N) is 5. The van der Waals surface area contributed by atoms with Gasteiger partial charge < -0.3 is 15.1 Å². The standard InChI is InChI=1S/C19H22N6O/c1-24-8-10-25(11-9-24)18-17(14(12-20)19(26)21-13-6-7-13)22-15-4-2-3-5-16(15)23-18/h2-5,13-14H,6-11H2,1H3,(H,21,26)/t14-/m0/s1. The topological polar surface area (TPSA) is 85.2 Å². The van der Waals surface area contributed by atoms with Gasteiger partial charge in [-0.25, -0.2) is 9.97 Å². The monoisotopic (exact) mass is 350 g/mol. The second-order valence-corrected chi connectivity index (χ2v) is 7.06. The molecule has 2 fully saturated rings. The smallest absolute Gasteiger partial charge is 0.243 e. The van der Waals surface area contributed by atoms with E-state index in [0.29, 0.717) is 17.0 Å². The molecule has 2 heterocycles. The van der Waals surface area contributed by atoms with E-state index in [2.05, 4.69) is 33.2 Å². The van der Waals surface area contributed by atoms with Crippen LogP contribution in [0.15, 0.2) is 24.3 Å². The molecule has 0 bridgehead atoms. The van der Waals surface area contributed by atoms with Crippen molar-refractivity contribution in [1.82, 2.24) is 20.2 Å². The van der Waals surface area contributed by atoms with E-state index in [1.807, 2.05) is 24.3 Å². The molecule has 1 aliphatic carbocycles. The first kappa shape index (κ1) is 16.7. The number of para-hydroxylation sites is 2. The number of fused-ring (bicyclic) bond motifs is 1. The van der Waals surface area contributed by atoms with Crippen molar-refractivity contribution < 1.29 is 4.79 Å². The Morgan fingerprint density at radius 2 is 1.85 bits per heavy atom. The molecule has 1 amide bonds. The van der Waals surface area contributed by atoms with Gasteiger partial charge in [0, 0.05) is 32.2 Å². The fraction of sp³-hybridized carbons (Fsp3) is 0.474. The number of benzene rings is 1. The second kappa shape index (κ2) is 6.89. The molecule has 2 aliphatic rings. The molecular weight excluding hydrogens is 328 g/mol. The molecule has 0 unspecified atom stereocenters. The number of aromatic nitrogens is 2. The van der Waals surface area contributed by atoms with Gasteiger partial charge in [-0.2, -0.15) is 5.26 Å². The van der Waals surface area contributed by atoms with Crippen molar-refractivity contribution in [3.8, 4) is 6.07 Å². The summed E-state index contributed by atoms with van der Waals surface area (Å²) in [4.78, 5) is 26.5. The largest absolute Gasteiger partial charge is 0.352 e. The fourth-order valence-electron chi connectivity index (χ4n) is 3.21. The molecule has 1 aliphatic heterocycles. The first-order valence-electron chi connectivity index (χ1n) is 9.06. The van der Waals surface area contributed by atoms with E-state index in [4.69, 9.17) is 4.98 Å². The number of nitrogens with one attached hydrogen (secondary N) is 1. The lowest BCUT2D eigenvalue weighted by molar-refractivity contribution is -0.121. The Kier molecular flexibility index (Phi) is 4.43. The molecule has 1 aromatic carbocycles. The van der Waals surface area contributed by atoms with Gasteiger partial charge in [-0.3, -0.25) is 4.79 Å². The van der Waals surface area contributed by atoms with E-state index in [9.17, 15) is 10.1 Å². The van der Waals surface area contributed by atoms with Crippen LogP contribution in [-0.2, 0) is 4.79 Å². The molecule has 0 spiro atoms. The van der Waals surface area contributed by atoms with Crippen LogP contribution < -0.4 is 10.2 Å². The third-order valence-electron chi connectivity index (χ3n) is 4.97. The molecule has 2 aromatic rings. The molecule has 134 valence electrons. The molecule has 7 heteroatoms. The first-order chi connectivity index (χ1) is 12.7. The maximum Gasteiger partial charge on any atom is 0.243 e. The van der Waals surface area contributed by atoms with Crippen LogP contribution in [0.5, 0.6) is 0 Å². The number of carbonyl (C=O) groups excluding carboxylic acids is 1. The van der Waals surface area contributed by atoms with E-state index >= 15 is 0 Å². The summed E-state index contributed by atoms with van der Waals surface area (Å²) in [5.41, 5.74) is 1.96. The van der Waals surface area contributed by atoms with Gasteiger partial charge in [0.15, 0.2) is 11.7 Å². The van der Waals surface area contributed by atoms with Crippen LogP contribution >= 0.6 is 0 Å². The lowest BCUT2D eigenvalue weighted by atomic mass is 10.0. The maximum absolute atomic E-state index is 12.6. The summed E-state index contributed by atoms with van der Waals surface area (Å²) in [6, 6.07) is 9.96. The highest BCUT2D eigenvalue weighted by molar-refractivity contribution is 5.89. The Morgan fingerprint density at radius 3 is 2.46 bits per heavy atom. The summed E-state index contributed by atoms with van der Waals surface area (Å²) >= 11 is 0. The predicted octanol–water partition coefficient (Wildman–Crippen LogP) is 1.27. The molecule has 1 atom stereocenters. The molecule has 4 rings (SSSR count). The van der Waals surface area contributed by atoms with Crippen molar-refractivity contribution in [2.24, 2.45) is 0 Å². The Morgan fingerprint density at radius 1 is 1.19 bits per heavy atom. The van der Waals surface area contributed by atoms with Crippen molar-refractivity contribution in [3.63, 3.8) is 0 Å². The van der Waals surface area contributed by atoms with Crippen molar-refractivity contribution in [2.45, 2.75) is 24.8 Å². The highest BCUT2D eigenvalue weighted by Crippen LogP contribution is 2.29. The molecule has 1 saturated heterocycles. The molecule has 1 saturated carbocycles. The van der Waals surface area contributed by atoms with Gasteiger partial charge >= 0.3 is 0 Å². The zero-order valence-corrected chi connectivity index (χ0v) is 14.9. The van der Waals surface area contributed by atoms with Gasteiger partial charge in [0.25, 0.3) is 0 Å². The number of hydrogen-bond donors (Lipinski definition) is 1. The zero-order chi connectivity index (χ0) is 18.1. The molecular formula is C19H22N6O. The van der Waals surface area contributed by atoms with Gasteiger partial charge in [0.05, 0.1) is 17.1 Å². The third-order valence-corrected chi connectivity index (χ3v) is 4.97. The van der Waals surface area contributed by atoms with Gasteiger partial charge in [0.1, 0.15) is 5.69 Å². The van der Waals surface area contributed by atoms with Crippen molar-refractivity contribution >= 4 is 22.8 Å². The number of amides is 1. The number of carbonyl (C=O) groups is 1. The van der Waals surface area contributed by atoms with E-state index in [-0.39, 0.29) is 11.9 Å². The maximum atomic E-state index is 12.6. The first-order valence-corrected chi connectivity index (χ1v) is 9.06. The molecule has 1 aromatic heterocycles. The Bertz CT molecular complexity index is 864.